The summed E-state index contributed by atoms with van der Waals surface area (Å²) in [6, 6.07) is 7.52. The molecule has 0 bridgehead atoms. The number of aliphatic carboxylic acids is 1. The molecular weight excluding hydrogens is 226 g/mol. The van der Waals surface area contributed by atoms with Gasteiger partial charge in [0.25, 0.3) is 0 Å². The first-order valence-corrected chi connectivity index (χ1v) is 6.74. The van der Waals surface area contributed by atoms with Gasteiger partial charge in [0.2, 0.25) is 0 Å². The first-order valence-electron chi connectivity index (χ1n) is 6.74. The van der Waals surface area contributed by atoms with Gasteiger partial charge in [-0.2, -0.15) is 0 Å². The third kappa shape index (κ3) is 3.33. The summed E-state index contributed by atoms with van der Waals surface area (Å²) in [5.74, 6) is -0.243. The van der Waals surface area contributed by atoms with E-state index in [9.17, 15) is 4.79 Å². The SMILES string of the molecule is N[C@@H](Cc1ccc(C2CCCCC2)cc1)C(=O)O. The van der Waals surface area contributed by atoms with Crippen molar-refractivity contribution in [1.29, 1.82) is 0 Å². The highest BCUT2D eigenvalue weighted by Gasteiger charge is 2.16. The zero-order valence-electron chi connectivity index (χ0n) is 10.6. The van der Waals surface area contributed by atoms with Gasteiger partial charge >= 0.3 is 5.97 Å². The number of hydrogen-bond acceptors (Lipinski definition) is 2. The predicted octanol–water partition coefficient (Wildman–Crippen LogP) is 2.69. The zero-order valence-corrected chi connectivity index (χ0v) is 10.6. The Hall–Kier alpha value is -1.35. The van der Waals surface area contributed by atoms with Crippen LogP contribution in [0.3, 0.4) is 0 Å². The van der Waals surface area contributed by atoms with E-state index in [1.54, 1.807) is 0 Å². The standard InChI is InChI=1S/C15H21NO2/c16-14(15(17)18)10-11-6-8-13(9-7-11)12-4-2-1-3-5-12/h6-9,12,14H,1-5,10,16H2,(H,17,18)/t14-/m0/s1. The fraction of sp³-hybridized carbons (Fsp3) is 0.533. The summed E-state index contributed by atoms with van der Waals surface area (Å²) in [6.45, 7) is 0. The van der Waals surface area contributed by atoms with E-state index in [0.717, 1.165) is 5.56 Å². The van der Waals surface area contributed by atoms with Crippen LogP contribution in [0.1, 0.15) is 49.1 Å². The fourth-order valence-corrected chi connectivity index (χ4v) is 2.70. The maximum atomic E-state index is 10.7. The van der Waals surface area contributed by atoms with Crippen molar-refractivity contribution in [2.75, 3.05) is 0 Å². The molecule has 3 heteroatoms. The summed E-state index contributed by atoms with van der Waals surface area (Å²) in [4.78, 5) is 10.7. The smallest absolute Gasteiger partial charge is 0.320 e. The second-order valence-electron chi connectivity index (χ2n) is 5.23. The first kappa shape index (κ1) is 13.1. The molecule has 3 N–H and O–H groups in total. The van der Waals surface area contributed by atoms with E-state index in [2.05, 4.69) is 12.1 Å². The van der Waals surface area contributed by atoms with Gasteiger partial charge in [0, 0.05) is 0 Å². The van der Waals surface area contributed by atoms with Gasteiger partial charge < -0.3 is 10.8 Å². The number of carboxylic acids is 1. The number of carbonyl (C=O) groups is 1. The number of nitrogens with two attached hydrogens (primary N) is 1. The highest BCUT2D eigenvalue weighted by Crippen LogP contribution is 2.32. The molecule has 0 aromatic heterocycles. The van der Waals surface area contributed by atoms with Crippen LogP contribution >= 0.6 is 0 Å². The zero-order chi connectivity index (χ0) is 13.0. The maximum Gasteiger partial charge on any atom is 0.320 e. The highest BCUT2D eigenvalue weighted by molar-refractivity contribution is 5.73. The predicted molar refractivity (Wildman–Crippen MR) is 71.6 cm³/mol. The molecule has 0 amide bonds. The van der Waals surface area contributed by atoms with Gasteiger partial charge in [-0.3, -0.25) is 4.79 Å². The van der Waals surface area contributed by atoms with Gasteiger partial charge in [0.1, 0.15) is 6.04 Å². The first-order chi connectivity index (χ1) is 8.66. The molecule has 1 aromatic rings. The van der Waals surface area contributed by atoms with Crippen LogP contribution in [0.4, 0.5) is 0 Å². The lowest BCUT2D eigenvalue weighted by molar-refractivity contribution is -0.138. The van der Waals surface area contributed by atoms with Gasteiger partial charge in [0.05, 0.1) is 0 Å². The molecule has 1 fully saturated rings. The summed E-state index contributed by atoms with van der Waals surface area (Å²) < 4.78 is 0. The van der Waals surface area contributed by atoms with Crippen LogP contribution in [0.2, 0.25) is 0 Å². The maximum absolute atomic E-state index is 10.7. The van der Waals surface area contributed by atoms with Crippen LogP contribution in [0.15, 0.2) is 24.3 Å². The summed E-state index contributed by atoms with van der Waals surface area (Å²) in [5.41, 5.74) is 7.93. The van der Waals surface area contributed by atoms with Crippen molar-refractivity contribution in [3.8, 4) is 0 Å². The summed E-state index contributed by atoms with van der Waals surface area (Å²) in [6.07, 6.45) is 7.00. The normalized spacial score (nSPS) is 18.5. The van der Waals surface area contributed by atoms with Gasteiger partial charge in [0.15, 0.2) is 0 Å². The number of rotatable bonds is 4. The average molecular weight is 247 g/mol. The minimum atomic E-state index is -0.939. The van der Waals surface area contributed by atoms with Gasteiger partial charge in [-0.15, -0.1) is 0 Å². The van der Waals surface area contributed by atoms with Crippen LogP contribution in [0.5, 0.6) is 0 Å². The number of hydrogen-bond donors (Lipinski definition) is 2. The Balaban J connectivity index is 1.98. The fourth-order valence-electron chi connectivity index (χ4n) is 2.70. The van der Waals surface area contributed by atoms with Crippen LogP contribution in [0.25, 0.3) is 0 Å². The van der Waals surface area contributed by atoms with Crippen molar-refractivity contribution in [3.05, 3.63) is 35.4 Å². The molecule has 1 atom stereocenters. The Kier molecular flexibility index (Phi) is 4.37. The Morgan fingerprint density at radius 3 is 2.39 bits per heavy atom. The van der Waals surface area contributed by atoms with E-state index >= 15 is 0 Å². The van der Waals surface area contributed by atoms with E-state index < -0.39 is 12.0 Å². The Bertz CT molecular complexity index is 393. The van der Waals surface area contributed by atoms with Gasteiger partial charge in [-0.25, -0.2) is 0 Å². The van der Waals surface area contributed by atoms with E-state index in [1.807, 2.05) is 12.1 Å². The Morgan fingerprint density at radius 1 is 1.22 bits per heavy atom. The molecule has 98 valence electrons. The lowest BCUT2D eigenvalue weighted by Gasteiger charge is -2.22. The van der Waals surface area contributed by atoms with Crippen molar-refractivity contribution in [3.63, 3.8) is 0 Å². The van der Waals surface area contributed by atoms with Crippen LogP contribution in [-0.4, -0.2) is 17.1 Å². The number of benzene rings is 1. The topological polar surface area (TPSA) is 63.3 Å². The molecule has 18 heavy (non-hydrogen) atoms. The lowest BCUT2D eigenvalue weighted by Crippen LogP contribution is -2.32. The van der Waals surface area contributed by atoms with Gasteiger partial charge in [-0.05, 0) is 36.3 Å². The Labute approximate surface area is 108 Å². The minimum Gasteiger partial charge on any atom is -0.480 e. The molecule has 1 aromatic carbocycles. The van der Waals surface area contributed by atoms with E-state index in [4.69, 9.17) is 10.8 Å². The van der Waals surface area contributed by atoms with Crippen molar-refractivity contribution in [1.82, 2.24) is 0 Å². The second kappa shape index (κ2) is 6.01. The average Bonchev–Trinajstić information content (AvgIpc) is 2.40. The molecule has 0 spiro atoms. The lowest BCUT2D eigenvalue weighted by atomic mass is 9.84. The van der Waals surface area contributed by atoms with E-state index in [0.29, 0.717) is 12.3 Å². The molecule has 3 nitrogen and oxygen atoms in total. The second-order valence-corrected chi connectivity index (χ2v) is 5.23. The van der Waals surface area contributed by atoms with E-state index in [-0.39, 0.29) is 0 Å². The minimum absolute atomic E-state index is 0.403. The Morgan fingerprint density at radius 2 is 1.83 bits per heavy atom. The molecule has 0 saturated heterocycles. The van der Waals surface area contributed by atoms with Crippen LogP contribution < -0.4 is 5.73 Å². The van der Waals surface area contributed by atoms with E-state index in [1.165, 1.54) is 37.7 Å². The molecule has 2 rings (SSSR count). The quantitative estimate of drug-likeness (QED) is 0.859. The van der Waals surface area contributed by atoms with Crippen LogP contribution in [0, 0.1) is 0 Å². The molecule has 1 aliphatic rings. The third-order valence-electron chi connectivity index (χ3n) is 3.83. The molecule has 0 radical (unpaired) electrons. The summed E-state index contributed by atoms with van der Waals surface area (Å²) in [5, 5.41) is 8.78. The summed E-state index contributed by atoms with van der Waals surface area (Å²) in [7, 11) is 0. The van der Waals surface area contributed by atoms with Crippen molar-refractivity contribution in [2.45, 2.75) is 50.5 Å². The molecule has 0 unspecified atom stereocenters. The van der Waals surface area contributed by atoms with Crippen molar-refractivity contribution >= 4 is 5.97 Å². The molecular formula is C15H21NO2. The van der Waals surface area contributed by atoms with Crippen molar-refractivity contribution in [2.24, 2.45) is 5.73 Å². The van der Waals surface area contributed by atoms with Crippen LogP contribution in [-0.2, 0) is 11.2 Å². The molecule has 1 saturated carbocycles. The van der Waals surface area contributed by atoms with Crippen molar-refractivity contribution < 1.29 is 9.90 Å². The van der Waals surface area contributed by atoms with Gasteiger partial charge in [-0.1, -0.05) is 43.5 Å². The summed E-state index contributed by atoms with van der Waals surface area (Å²) >= 11 is 0. The highest BCUT2D eigenvalue weighted by atomic mass is 16.4. The monoisotopic (exact) mass is 247 g/mol. The molecule has 0 aliphatic heterocycles. The molecule has 1 aliphatic carbocycles. The largest absolute Gasteiger partial charge is 0.480 e. The molecule has 0 heterocycles. The number of carboxylic acid groups (broad SMARTS) is 1. The third-order valence-corrected chi connectivity index (χ3v) is 3.83.